The molecule has 0 aromatic rings. The quantitative estimate of drug-likeness (QED) is 0.0545. The number of rotatable bonds is 34. The molecule has 0 nitrogen and oxygen atoms in total. The molecule has 0 heterocycles. The highest BCUT2D eigenvalue weighted by molar-refractivity contribution is 8.00. The molecular weight excluding hydrogens is 529 g/mol. The molecule has 0 amide bonds. The smallest absolute Gasteiger partial charge is 0.0107 e. The van der Waals surface area contributed by atoms with Gasteiger partial charge in [-0.1, -0.05) is 194 Å². The zero-order valence-corrected chi connectivity index (χ0v) is 29.7. The van der Waals surface area contributed by atoms with Gasteiger partial charge in [0.05, 0.1) is 0 Å². The summed E-state index contributed by atoms with van der Waals surface area (Å²) >= 11 is 11.8. The molecule has 0 saturated heterocycles. The molecule has 0 aliphatic heterocycles. The predicted molar refractivity (Wildman–Crippen MR) is 193 cm³/mol. The highest BCUT2D eigenvalue weighted by Crippen LogP contribution is 2.21. The number of hydrogen-bond acceptors (Lipinski definition) is 3. The van der Waals surface area contributed by atoms with Crippen LogP contribution in [0.4, 0.5) is 0 Å². The van der Waals surface area contributed by atoms with E-state index in [9.17, 15) is 0 Å². The van der Waals surface area contributed by atoms with Gasteiger partial charge in [0.15, 0.2) is 0 Å². The summed E-state index contributed by atoms with van der Waals surface area (Å²) in [6, 6.07) is 0. The molecule has 0 N–H and O–H groups in total. The van der Waals surface area contributed by atoms with Gasteiger partial charge >= 0.3 is 0 Å². The lowest BCUT2D eigenvalue weighted by Crippen LogP contribution is -2.08. The van der Waals surface area contributed by atoms with Crippen molar-refractivity contribution in [3.8, 4) is 0 Å². The third kappa shape index (κ3) is 35.2. The van der Waals surface area contributed by atoms with Crippen molar-refractivity contribution >= 4 is 37.0 Å². The van der Waals surface area contributed by atoms with Crippen molar-refractivity contribution in [1.82, 2.24) is 0 Å². The molecule has 0 aromatic carbocycles. The second-order valence-electron chi connectivity index (χ2n) is 12.6. The van der Waals surface area contributed by atoms with E-state index < -0.39 is 0 Å². The molecule has 0 bridgehead atoms. The third-order valence-electron chi connectivity index (χ3n) is 8.40. The lowest BCUT2D eigenvalue weighted by molar-refractivity contribution is 0.532. The van der Waals surface area contributed by atoms with Gasteiger partial charge in [-0.15, -0.1) is 0 Å². The van der Waals surface area contributed by atoms with Crippen LogP contribution in [0.5, 0.6) is 0 Å². The molecule has 0 aliphatic rings. The lowest BCUT2D eigenvalue weighted by Gasteiger charge is -2.13. The van der Waals surface area contributed by atoms with Crippen molar-refractivity contribution in [2.24, 2.45) is 0 Å². The molecule has 2 atom stereocenters. The molecule has 0 saturated carbocycles. The summed E-state index contributed by atoms with van der Waals surface area (Å²) in [5, 5.41) is 1.16. The van der Waals surface area contributed by atoms with Crippen molar-refractivity contribution in [1.29, 1.82) is 0 Å². The van der Waals surface area contributed by atoms with Gasteiger partial charge in [0.2, 0.25) is 0 Å². The van der Waals surface area contributed by atoms with E-state index in [1.807, 2.05) is 0 Å². The predicted octanol–water partition coefficient (Wildman–Crippen LogP) is 14.1. The highest BCUT2D eigenvalue weighted by Gasteiger charge is 2.07. The van der Waals surface area contributed by atoms with Crippen molar-refractivity contribution in [3.05, 3.63) is 0 Å². The molecule has 0 aliphatic carbocycles. The molecule has 0 rings (SSSR count). The maximum absolute atomic E-state index is 4.87. The Morgan fingerprint density at radius 3 is 0.769 bits per heavy atom. The van der Waals surface area contributed by atoms with Crippen LogP contribution in [-0.4, -0.2) is 22.0 Å². The van der Waals surface area contributed by atoms with Crippen LogP contribution in [0.1, 0.15) is 206 Å². The van der Waals surface area contributed by atoms with E-state index in [0.717, 1.165) is 0 Å². The molecule has 0 aromatic heterocycles. The van der Waals surface area contributed by atoms with E-state index in [-0.39, 0.29) is 0 Å². The van der Waals surface area contributed by atoms with E-state index in [1.54, 1.807) is 0 Å². The van der Waals surface area contributed by atoms with Gasteiger partial charge in [-0.05, 0) is 12.8 Å². The van der Waals surface area contributed by atoms with E-state index in [4.69, 9.17) is 25.3 Å². The Bertz CT molecular complexity index is 390. The topological polar surface area (TPSA) is 0 Å². The third-order valence-corrected chi connectivity index (χ3v) is 11.1. The minimum absolute atomic E-state index is 0.578. The first-order chi connectivity index (χ1) is 19.2. The number of hydrogen-bond donors (Lipinski definition) is 2. The largest absolute Gasteiger partial charge is 0.175 e. The molecule has 0 radical (unpaired) electrons. The van der Waals surface area contributed by atoms with Crippen molar-refractivity contribution in [3.63, 3.8) is 0 Å². The number of thiol groups is 2. The van der Waals surface area contributed by atoms with Crippen LogP contribution in [0.25, 0.3) is 0 Å². The average Bonchev–Trinajstić information content (AvgIpc) is 2.93. The van der Waals surface area contributed by atoms with Gasteiger partial charge in [-0.25, -0.2) is 0 Å². The van der Waals surface area contributed by atoms with Crippen LogP contribution < -0.4 is 0 Å². The monoisotopic (exact) mass is 602 g/mol. The van der Waals surface area contributed by atoms with Crippen LogP contribution in [0, 0.1) is 0 Å². The summed E-state index contributed by atoms with van der Waals surface area (Å²) in [4.78, 5) is 0. The van der Waals surface area contributed by atoms with Crippen LogP contribution in [0.3, 0.4) is 0 Å². The standard InChI is InChI=1S/C36H74S3/c1-3-5-7-9-11-13-15-17-19-21-23-25-27-29-31-35(37)33-39-34-36(38)32-30-28-26-24-22-20-18-16-14-12-10-8-6-4-2/h35-38H,3-34H2,1-2H3. The first kappa shape index (κ1) is 40.1. The van der Waals surface area contributed by atoms with E-state index >= 15 is 0 Å². The number of thioether (sulfide) groups is 1. The molecule has 0 fully saturated rings. The fourth-order valence-corrected chi connectivity index (χ4v) is 7.67. The second kappa shape index (κ2) is 35.2. The zero-order valence-electron chi connectivity index (χ0n) is 27.1. The first-order valence-corrected chi connectivity index (χ1v) is 20.3. The van der Waals surface area contributed by atoms with Crippen molar-refractivity contribution < 1.29 is 0 Å². The summed E-state index contributed by atoms with van der Waals surface area (Å²) in [5.41, 5.74) is 0. The molecule has 2 unspecified atom stereocenters. The fraction of sp³-hybridized carbons (Fsp3) is 1.00. The van der Waals surface area contributed by atoms with Crippen molar-refractivity contribution in [2.45, 2.75) is 217 Å². The van der Waals surface area contributed by atoms with Gasteiger partial charge in [0, 0.05) is 22.0 Å². The Labute approximate surface area is 264 Å². The Morgan fingerprint density at radius 2 is 0.538 bits per heavy atom. The van der Waals surface area contributed by atoms with Crippen LogP contribution in [0.15, 0.2) is 0 Å². The van der Waals surface area contributed by atoms with Crippen LogP contribution >= 0.6 is 37.0 Å². The summed E-state index contributed by atoms with van der Waals surface area (Å²) < 4.78 is 0. The Balaban J connectivity index is 3.26. The maximum Gasteiger partial charge on any atom is 0.0107 e. The normalized spacial score (nSPS) is 13.2. The van der Waals surface area contributed by atoms with Gasteiger partial charge in [0.25, 0.3) is 0 Å². The number of unbranched alkanes of at least 4 members (excludes halogenated alkanes) is 26. The molecule has 236 valence electrons. The Kier molecular flexibility index (Phi) is 36.2. The van der Waals surface area contributed by atoms with Crippen molar-refractivity contribution in [2.75, 3.05) is 11.5 Å². The lowest BCUT2D eigenvalue weighted by atomic mass is 10.0. The fourth-order valence-electron chi connectivity index (χ4n) is 5.66. The summed E-state index contributed by atoms with van der Waals surface area (Å²) in [7, 11) is 0. The molecule has 3 heteroatoms. The Hall–Kier alpha value is 1.05. The molecule has 39 heavy (non-hydrogen) atoms. The maximum atomic E-state index is 4.87. The van der Waals surface area contributed by atoms with E-state index in [1.165, 1.54) is 204 Å². The average molecular weight is 603 g/mol. The second-order valence-corrected chi connectivity index (χ2v) is 15.2. The first-order valence-electron chi connectivity index (χ1n) is 18.1. The highest BCUT2D eigenvalue weighted by atomic mass is 32.2. The summed E-state index contributed by atoms with van der Waals surface area (Å²) in [5.74, 6) is 2.41. The Morgan fingerprint density at radius 1 is 0.333 bits per heavy atom. The summed E-state index contributed by atoms with van der Waals surface area (Å²) in [6.07, 6.45) is 43.0. The summed E-state index contributed by atoms with van der Waals surface area (Å²) in [6.45, 7) is 4.61. The van der Waals surface area contributed by atoms with E-state index in [0.29, 0.717) is 10.5 Å². The van der Waals surface area contributed by atoms with Crippen LogP contribution in [-0.2, 0) is 0 Å². The van der Waals surface area contributed by atoms with Gasteiger partial charge in [0.1, 0.15) is 0 Å². The SMILES string of the molecule is CCCCCCCCCCCCCCCCC(S)CSCC(S)CCCCCCCCCCCCCCCC. The van der Waals surface area contributed by atoms with Crippen LogP contribution in [0.2, 0.25) is 0 Å². The minimum atomic E-state index is 0.578. The minimum Gasteiger partial charge on any atom is -0.175 e. The zero-order chi connectivity index (χ0) is 28.5. The molecular formula is C36H74S3. The van der Waals surface area contributed by atoms with Gasteiger partial charge < -0.3 is 0 Å². The molecule has 0 spiro atoms. The van der Waals surface area contributed by atoms with E-state index in [2.05, 4.69) is 25.6 Å². The van der Waals surface area contributed by atoms with Gasteiger partial charge in [-0.3, -0.25) is 0 Å². The van der Waals surface area contributed by atoms with Gasteiger partial charge in [-0.2, -0.15) is 37.0 Å².